The lowest BCUT2D eigenvalue weighted by atomic mass is 10.2. The van der Waals surface area contributed by atoms with Gasteiger partial charge in [-0.15, -0.1) is 0 Å². The summed E-state index contributed by atoms with van der Waals surface area (Å²) in [6, 6.07) is 3.14. The highest BCUT2D eigenvalue weighted by molar-refractivity contribution is 5.88. The molecule has 0 saturated heterocycles. The fourth-order valence-corrected chi connectivity index (χ4v) is 1.01. The van der Waals surface area contributed by atoms with E-state index in [1.165, 1.54) is 6.07 Å². The van der Waals surface area contributed by atoms with Crippen molar-refractivity contribution in [3.05, 3.63) is 33.7 Å². The Morgan fingerprint density at radius 2 is 2.07 bits per heavy atom. The number of hydrogen-bond acceptors (Lipinski definition) is 3. The van der Waals surface area contributed by atoms with Gasteiger partial charge >= 0.3 is 5.97 Å². The van der Waals surface area contributed by atoms with Crippen molar-refractivity contribution in [1.29, 1.82) is 0 Å². The monoisotopic (exact) mass is 195 g/mol. The SMILES string of the molecule is Cc1ccc(C(=O)OC(C)C)c(=O)[nH]1. The van der Waals surface area contributed by atoms with E-state index >= 15 is 0 Å². The van der Waals surface area contributed by atoms with E-state index in [0.717, 1.165) is 5.69 Å². The molecule has 4 nitrogen and oxygen atoms in total. The van der Waals surface area contributed by atoms with Crippen LogP contribution >= 0.6 is 0 Å². The molecular weight excluding hydrogens is 182 g/mol. The third-order valence-electron chi connectivity index (χ3n) is 1.62. The summed E-state index contributed by atoms with van der Waals surface area (Å²) in [6.07, 6.45) is -0.219. The van der Waals surface area contributed by atoms with Crippen molar-refractivity contribution in [2.75, 3.05) is 0 Å². The Labute approximate surface area is 81.9 Å². The zero-order valence-electron chi connectivity index (χ0n) is 8.46. The second-order valence-electron chi connectivity index (χ2n) is 3.34. The maximum Gasteiger partial charge on any atom is 0.344 e. The molecule has 1 heterocycles. The first kappa shape index (κ1) is 10.5. The second kappa shape index (κ2) is 4.09. The molecule has 1 N–H and O–H groups in total. The summed E-state index contributed by atoms with van der Waals surface area (Å²) < 4.78 is 4.90. The molecule has 0 unspecified atom stereocenters. The molecule has 1 rings (SSSR count). The van der Waals surface area contributed by atoms with Crippen molar-refractivity contribution in [2.24, 2.45) is 0 Å². The van der Waals surface area contributed by atoms with Crippen LogP contribution in [0.25, 0.3) is 0 Å². The lowest BCUT2D eigenvalue weighted by molar-refractivity contribution is 0.0376. The van der Waals surface area contributed by atoms with Gasteiger partial charge in [0.2, 0.25) is 0 Å². The zero-order valence-corrected chi connectivity index (χ0v) is 8.46. The largest absolute Gasteiger partial charge is 0.459 e. The number of carbonyl (C=O) groups excluding carboxylic acids is 1. The molecule has 0 bridgehead atoms. The number of hydrogen-bond donors (Lipinski definition) is 1. The van der Waals surface area contributed by atoms with Crippen molar-refractivity contribution in [3.63, 3.8) is 0 Å². The molecule has 0 fully saturated rings. The van der Waals surface area contributed by atoms with E-state index in [9.17, 15) is 9.59 Å². The first-order chi connectivity index (χ1) is 6.50. The summed E-state index contributed by atoms with van der Waals surface area (Å²) in [5, 5.41) is 0. The van der Waals surface area contributed by atoms with E-state index < -0.39 is 11.5 Å². The molecule has 0 atom stereocenters. The van der Waals surface area contributed by atoms with Crippen LogP contribution in [0.15, 0.2) is 16.9 Å². The summed E-state index contributed by atoms with van der Waals surface area (Å²) in [6.45, 7) is 5.22. The maximum atomic E-state index is 11.3. The molecule has 4 heteroatoms. The van der Waals surface area contributed by atoms with Gasteiger partial charge in [-0.3, -0.25) is 4.79 Å². The Hall–Kier alpha value is -1.58. The fraction of sp³-hybridized carbons (Fsp3) is 0.400. The Morgan fingerprint density at radius 3 is 2.57 bits per heavy atom. The molecule has 0 saturated carbocycles. The molecule has 0 spiro atoms. The number of H-pyrrole nitrogens is 1. The van der Waals surface area contributed by atoms with E-state index in [2.05, 4.69) is 4.98 Å². The average molecular weight is 195 g/mol. The van der Waals surface area contributed by atoms with Crippen LogP contribution in [0.3, 0.4) is 0 Å². The minimum atomic E-state index is -0.582. The Balaban J connectivity index is 2.97. The summed E-state index contributed by atoms with van der Waals surface area (Å²) >= 11 is 0. The first-order valence-corrected chi connectivity index (χ1v) is 4.41. The van der Waals surface area contributed by atoms with Crippen LogP contribution in [0.1, 0.15) is 29.9 Å². The summed E-state index contributed by atoms with van der Waals surface area (Å²) in [5.41, 5.74) is 0.357. The molecule has 0 radical (unpaired) electrons. The van der Waals surface area contributed by atoms with Gasteiger partial charge in [-0.05, 0) is 32.9 Å². The number of ether oxygens (including phenoxy) is 1. The number of pyridine rings is 1. The van der Waals surface area contributed by atoms with E-state index in [0.29, 0.717) is 0 Å². The fourth-order valence-electron chi connectivity index (χ4n) is 1.01. The van der Waals surface area contributed by atoms with Crippen LogP contribution < -0.4 is 5.56 Å². The van der Waals surface area contributed by atoms with Crippen LogP contribution in [0.5, 0.6) is 0 Å². The minimum absolute atomic E-state index is 0.0456. The molecule has 0 amide bonds. The average Bonchev–Trinajstić information content (AvgIpc) is 2.01. The highest BCUT2D eigenvalue weighted by atomic mass is 16.5. The van der Waals surface area contributed by atoms with Gasteiger partial charge in [0.15, 0.2) is 0 Å². The van der Waals surface area contributed by atoms with Crippen molar-refractivity contribution in [2.45, 2.75) is 26.9 Å². The van der Waals surface area contributed by atoms with Crippen LogP contribution in [0, 0.1) is 6.92 Å². The van der Waals surface area contributed by atoms with Crippen molar-refractivity contribution >= 4 is 5.97 Å². The Bertz CT molecular complexity index is 393. The molecular formula is C10H13NO3. The third-order valence-corrected chi connectivity index (χ3v) is 1.62. The van der Waals surface area contributed by atoms with E-state index in [1.807, 2.05) is 0 Å². The number of aryl methyl sites for hydroxylation is 1. The quantitative estimate of drug-likeness (QED) is 0.722. The molecule has 0 aliphatic heterocycles. The Morgan fingerprint density at radius 1 is 1.43 bits per heavy atom. The lowest BCUT2D eigenvalue weighted by Gasteiger charge is -2.06. The second-order valence-corrected chi connectivity index (χ2v) is 3.34. The molecule has 0 aliphatic rings. The summed E-state index contributed by atoms with van der Waals surface area (Å²) in [5.74, 6) is -0.582. The predicted octanol–water partition coefficient (Wildman–Crippen LogP) is 1.25. The third kappa shape index (κ3) is 2.45. The number of carbonyl (C=O) groups is 1. The smallest absolute Gasteiger partial charge is 0.344 e. The predicted molar refractivity (Wildman–Crippen MR) is 52.4 cm³/mol. The number of nitrogens with one attached hydrogen (secondary N) is 1. The van der Waals surface area contributed by atoms with E-state index in [1.54, 1.807) is 26.8 Å². The molecule has 1 aromatic heterocycles. The van der Waals surface area contributed by atoms with Gasteiger partial charge in [-0.1, -0.05) is 0 Å². The van der Waals surface area contributed by atoms with Gasteiger partial charge in [0.1, 0.15) is 5.56 Å². The lowest BCUT2D eigenvalue weighted by Crippen LogP contribution is -2.22. The van der Waals surface area contributed by atoms with Gasteiger partial charge in [0, 0.05) is 5.69 Å². The standard InChI is InChI=1S/C10H13NO3/c1-6(2)14-10(13)8-5-4-7(3)11-9(8)12/h4-6H,1-3H3,(H,11,12). The van der Waals surface area contributed by atoms with Crippen LogP contribution in [0.4, 0.5) is 0 Å². The van der Waals surface area contributed by atoms with Crippen LogP contribution in [-0.4, -0.2) is 17.1 Å². The summed E-state index contributed by atoms with van der Waals surface area (Å²) in [4.78, 5) is 25.2. The molecule has 76 valence electrons. The minimum Gasteiger partial charge on any atom is -0.459 e. The maximum absolute atomic E-state index is 11.3. The van der Waals surface area contributed by atoms with Crippen molar-refractivity contribution in [1.82, 2.24) is 4.98 Å². The number of aromatic nitrogens is 1. The number of aromatic amines is 1. The summed E-state index contributed by atoms with van der Waals surface area (Å²) in [7, 11) is 0. The van der Waals surface area contributed by atoms with Crippen molar-refractivity contribution < 1.29 is 9.53 Å². The molecule has 0 aliphatic carbocycles. The van der Waals surface area contributed by atoms with Crippen molar-refractivity contribution in [3.8, 4) is 0 Å². The number of esters is 1. The van der Waals surface area contributed by atoms with E-state index in [4.69, 9.17) is 4.74 Å². The number of rotatable bonds is 2. The van der Waals surface area contributed by atoms with Crippen LogP contribution in [0.2, 0.25) is 0 Å². The van der Waals surface area contributed by atoms with Gasteiger partial charge in [0.05, 0.1) is 6.10 Å². The van der Waals surface area contributed by atoms with Gasteiger partial charge in [0.25, 0.3) is 5.56 Å². The van der Waals surface area contributed by atoms with Gasteiger partial charge in [-0.25, -0.2) is 4.79 Å². The topological polar surface area (TPSA) is 59.2 Å². The molecule has 14 heavy (non-hydrogen) atoms. The molecule has 0 aromatic carbocycles. The highest BCUT2D eigenvalue weighted by Crippen LogP contribution is 1.99. The first-order valence-electron chi connectivity index (χ1n) is 4.41. The van der Waals surface area contributed by atoms with Gasteiger partial charge in [-0.2, -0.15) is 0 Å². The Kier molecular flexibility index (Phi) is 3.06. The zero-order chi connectivity index (χ0) is 10.7. The van der Waals surface area contributed by atoms with E-state index in [-0.39, 0.29) is 11.7 Å². The highest BCUT2D eigenvalue weighted by Gasteiger charge is 2.12. The normalized spacial score (nSPS) is 10.3. The van der Waals surface area contributed by atoms with Gasteiger partial charge < -0.3 is 9.72 Å². The van der Waals surface area contributed by atoms with Crippen LogP contribution in [-0.2, 0) is 4.74 Å². The molecule has 1 aromatic rings.